The van der Waals surface area contributed by atoms with Gasteiger partial charge >= 0.3 is 0 Å². The lowest BCUT2D eigenvalue weighted by atomic mass is 9.71. The van der Waals surface area contributed by atoms with Crippen LogP contribution in [-0.4, -0.2) is 19.6 Å². The first-order valence-corrected chi connectivity index (χ1v) is 7.73. The summed E-state index contributed by atoms with van der Waals surface area (Å²) < 4.78 is 5.30. The molecular weight excluding hydrogens is 300 g/mol. The van der Waals surface area contributed by atoms with Crippen LogP contribution in [0.25, 0.3) is 0 Å². The molecule has 3 N–H and O–H groups in total. The van der Waals surface area contributed by atoms with Gasteiger partial charge in [-0.05, 0) is 49.4 Å². The number of carbonyl (C=O) groups excluding carboxylic acids is 1. The smallest absolute Gasteiger partial charge is 0.225 e. The Hall–Kier alpha value is -1.26. The molecule has 4 nitrogen and oxygen atoms in total. The predicted octanol–water partition coefficient (Wildman–Crippen LogP) is 3.66. The fraction of sp³-hybridized carbons (Fsp3) is 0.588. The zero-order chi connectivity index (χ0) is 15.3. The van der Waals surface area contributed by atoms with Crippen molar-refractivity contribution >= 4 is 24.0 Å². The van der Waals surface area contributed by atoms with E-state index >= 15 is 0 Å². The number of hydrogen-bond acceptors (Lipinski definition) is 3. The highest BCUT2D eigenvalue weighted by atomic mass is 35.5. The molecule has 5 heteroatoms. The monoisotopic (exact) mass is 326 g/mol. The van der Waals surface area contributed by atoms with Crippen LogP contribution in [0.4, 0.5) is 5.69 Å². The molecule has 1 aliphatic carbocycles. The van der Waals surface area contributed by atoms with Crippen LogP contribution in [0.3, 0.4) is 0 Å². The minimum absolute atomic E-state index is 0. The Morgan fingerprint density at radius 2 is 2.00 bits per heavy atom. The van der Waals surface area contributed by atoms with Gasteiger partial charge in [0.1, 0.15) is 5.75 Å². The molecule has 0 heterocycles. The van der Waals surface area contributed by atoms with Crippen LogP contribution in [0, 0.1) is 12.3 Å². The lowest BCUT2D eigenvalue weighted by Crippen LogP contribution is -2.36. The van der Waals surface area contributed by atoms with Gasteiger partial charge in [-0.1, -0.05) is 25.3 Å². The average molecular weight is 327 g/mol. The minimum Gasteiger partial charge on any atom is -0.495 e. The van der Waals surface area contributed by atoms with Gasteiger partial charge in [0.2, 0.25) is 5.91 Å². The Morgan fingerprint density at radius 1 is 1.32 bits per heavy atom. The van der Waals surface area contributed by atoms with Gasteiger partial charge in [0.05, 0.1) is 12.8 Å². The summed E-state index contributed by atoms with van der Waals surface area (Å²) in [6.45, 7) is 2.59. The zero-order valence-corrected chi connectivity index (χ0v) is 14.3. The fourth-order valence-corrected chi connectivity index (χ4v) is 3.21. The van der Waals surface area contributed by atoms with E-state index in [1.165, 1.54) is 19.3 Å². The average Bonchev–Trinajstić information content (AvgIpc) is 2.48. The van der Waals surface area contributed by atoms with E-state index in [1.807, 2.05) is 25.1 Å². The second kappa shape index (κ2) is 8.39. The number of ether oxygens (including phenoxy) is 1. The first-order valence-electron chi connectivity index (χ1n) is 7.73. The Labute approximate surface area is 139 Å². The summed E-state index contributed by atoms with van der Waals surface area (Å²) in [6.07, 6.45) is 6.23. The van der Waals surface area contributed by atoms with Crippen LogP contribution >= 0.6 is 12.4 Å². The number of methoxy groups -OCH3 is 1. The second-order valence-electron chi connectivity index (χ2n) is 6.19. The number of benzene rings is 1. The highest BCUT2D eigenvalue weighted by Crippen LogP contribution is 2.38. The van der Waals surface area contributed by atoms with Gasteiger partial charge in [0.25, 0.3) is 0 Å². The number of anilines is 1. The molecule has 0 saturated heterocycles. The van der Waals surface area contributed by atoms with E-state index < -0.39 is 0 Å². The van der Waals surface area contributed by atoms with Crippen molar-refractivity contribution < 1.29 is 9.53 Å². The van der Waals surface area contributed by atoms with Crippen molar-refractivity contribution in [3.8, 4) is 5.75 Å². The summed E-state index contributed by atoms with van der Waals surface area (Å²) in [5, 5.41) is 2.99. The number of halogens is 1. The maximum absolute atomic E-state index is 12.4. The zero-order valence-electron chi connectivity index (χ0n) is 13.5. The number of amides is 1. The van der Waals surface area contributed by atoms with E-state index in [9.17, 15) is 4.79 Å². The molecule has 1 saturated carbocycles. The summed E-state index contributed by atoms with van der Waals surface area (Å²) in [5.41, 5.74) is 7.78. The molecule has 124 valence electrons. The lowest BCUT2D eigenvalue weighted by molar-refractivity contribution is -0.118. The molecule has 1 fully saturated rings. The number of nitrogens with two attached hydrogens (primary N) is 1. The summed E-state index contributed by atoms with van der Waals surface area (Å²) in [4.78, 5) is 12.4. The van der Waals surface area contributed by atoms with Gasteiger partial charge in [-0.25, -0.2) is 0 Å². The van der Waals surface area contributed by atoms with Gasteiger partial charge in [-0.3, -0.25) is 4.79 Å². The lowest BCUT2D eigenvalue weighted by Gasteiger charge is -2.35. The summed E-state index contributed by atoms with van der Waals surface area (Å²) in [7, 11) is 1.61. The molecule has 0 unspecified atom stereocenters. The number of hydrogen-bond donors (Lipinski definition) is 2. The van der Waals surface area contributed by atoms with Gasteiger partial charge in [0, 0.05) is 6.42 Å². The van der Waals surface area contributed by atoms with Crippen molar-refractivity contribution in [2.45, 2.75) is 45.4 Å². The van der Waals surface area contributed by atoms with Crippen molar-refractivity contribution in [2.24, 2.45) is 11.1 Å². The molecule has 0 bridgehead atoms. The number of nitrogens with one attached hydrogen (secondary N) is 1. The Kier molecular flexibility index (Phi) is 7.17. The van der Waals surface area contributed by atoms with E-state index in [4.69, 9.17) is 10.5 Å². The van der Waals surface area contributed by atoms with Crippen LogP contribution < -0.4 is 15.8 Å². The quantitative estimate of drug-likeness (QED) is 0.867. The first-order chi connectivity index (χ1) is 10.1. The Balaban J connectivity index is 0.00000242. The molecule has 22 heavy (non-hydrogen) atoms. The van der Waals surface area contributed by atoms with Crippen molar-refractivity contribution in [1.29, 1.82) is 0 Å². The molecule has 0 aromatic heterocycles. The maximum Gasteiger partial charge on any atom is 0.225 e. The highest BCUT2D eigenvalue weighted by Gasteiger charge is 2.33. The first kappa shape index (κ1) is 18.8. The normalized spacial score (nSPS) is 16.5. The van der Waals surface area contributed by atoms with E-state index in [-0.39, 0.29) is 23.7 Å². The molecule has 1 aliphatic rings. The Morgan fingerprint density at radius 3 is 2.59 bits per heavy atom. The summed E-state index contributed by atoms with van der Waals surface area (Å²) in [6, 6.07) is 5.79. The van der Waals surface area contributed by atoms with E-state index in [1.54, 1.807) is 7.11 Å². The van der Waals surface area contributed by atoms with Gasteiger partial charge in [0.15, 0.2) is 0 Å². The molecule has 0 spiro atoms. The Bertz CT molecular complexity index is 499. The molecule has 0 aliphatic heterocycles. The molecule has 1 aromatic carbocycles. The van der Waals surface area contributed by atoms with Gasteiger partial charge < -0.3 is 15.8 Å². The molecule has 1 aromatic rings. The predicted molar refractivity (Wildman–Crippen MR) is 92.8 cm³/mol. The number of carbonyl (C=O) groups is 1. The van der Waals surface area contributed by atoms with Crippen LogP contribution in [0.2, 0.25) is 0 Å². The standard InChI is InChI=1S/C17H26N2O2.ClH/c1-13-6-7-15(21-2)14(10-13)19-16(20)11-17(12-18)8-4-3-5-9-17;/h6-7,10H,3-5,8-9,11-12,18H2,1-2H3,(H,19,20);1H. The van der Waals surface area contributed by atoms with Crippen molar-refractivity contribution in [2.75, 3.05) is 19.0 Å². The third-order valence-corrected chi connectivity index (χ3v) is 4.51. The van der Waals surface area contributed by atoms with Crippen molar-refractivity contribution in [3.63, 3.8) is 0 Å². The molecule has 2 rings (SSSR count). The highest BCUT2D eigenvalue weighted by molar-refractivity contribution is 5.92. The van der Waals surface area contributed by atoms with Crippen LogP contribution in [0.1, 0.15) is 44.1 Å². The largest absolute Gasteiger partial charge is 0.495 e. The third-order valence-electron chi connectivity index (χ3n) is 4.51. The van der Waals surface area contributed by atoms with E-state index in [0.29, 0.717) is 18.7 Å². The van der Waals surface area contributed by atoms with Crippen molar-refractivity contribution in [3.05, 3.63) is 23.8 Å². The summed E-state index contributed by atoms with van der Waals surface area (Å²) in [5.74, 6) is 0.727. The molecule has 0 radical (unpaired) electrons. The molecular formula is C17H27ClN2O2. The maximum atomic E-state index is 12.4. The van der Waals surface area contributed by atoms with E-state index in [2.05, 4.69) is 5.32 Å². The number of aryl methyl sites for hydroxylation is 1. The van der Waals surface area contributed by atoms with Crippen LogP contribution in [-0.2, 0) is 4.79 Å². The SMILES string of the molecule is COc1ccc(C)cc1NC(=O)CC1(CN)CCCCC1.Cl. The summed E-state index contributed by atoms with van der Waals surface area (Å²) >= 11 is 0. The van der Waals surface area contributed by atoms with Gasteiger partial charge in [-0.2, -0.15) is 0 Å². The fourth-order valence-electron chi connectivity index (χ4n) is 3.21. The molecule has 1 amide bonds. The second-order valence-corrected chi connectivity index (χ2v) is 6.19. The van der Waals surface area contributed by atoms with Crippen LogP contribution in [0.5, 0.6) is 5.75 Å². The van der Waals surface area contributed by atoms with E-state index in [0.717, 1.165) is 24.1 Å². The van der Waals surface area contributed by atoms with Crippen LogP contribution in [0.15, 0.2) is 18.2 Å². The number of rotatable bonds is 5. The minimum atomic E-state index is -0.0145. The topological polar surface area (TPSA) is 64.3 Å². The van der Waals surface area contributed by atoms with Gasteiger partial charge in [-0.15, -0.1) is 12.4 Å². The van der Waals surface area contributed by atoms with Crippen molar-refractivity contribution in [1.82, 2.24) is 0 Å². The molecule has 0 atom stereocenters. The third kappa shape index (κ3) is 4.62.